The van der Waals surface area contributed by atoms with Gasteiger partial charge in [-0.05, 0) is 42.8 Å². The fourth-order valence-electron chi connectivity index (χ4n) is 4.09. The lowest BCUT2D eigenvalue weighted by Crippen LogP contribution is -2.24. The van der Waals surface area contributed by atoms with Gasteiger partial charge in [-0.1, -0.05) is 48.5 Å². The van der Waals surface area contributed by atoms with Gasteiger partial charge in [0.2, 0.25) is 10.0 Å². The van der Waals surface area contributed by atoms with Crippen molar-refractivity contribution < 1.29 is 17.9 Å². The predicted octanol–water partition coefficient (Wildman–Crippen LogP) is 4.38. The van der Waals surface area contributed by atoms with E-state index in [9.17, 15) is 13.2 Å². The number of nitrogens with zero attached hydrogens (tertiary/aromatic N) is 4. The number of hydrogen-bond acceptors (Lipinski definition) is 8. The topological polar surface area (TPSA) is 128 Å². The van der Waals surface area contributed by atoms with E-state index in [4.69, 9.17) is 14.8 Å². The second kappa shape index (κ2) is 11.3. The quantitative estimate of drug-likeness (QED) is 0.249. The number of carbonyl (C=O) groups is 1. The molecule has 39 heavy (non-hydrogen) atoms. The summed E-state index contributed by atoms with van der Waals surface area (Å²) >= 11 is 0. The minimum atomic E-state index is -3.95. The molecular formula is C28H26N6O4S. The third-order valence-electron chi connectivity index (χ3n) is 5.77. The molecule has 0 aliphatic heterocycles. The monoisotopic (exact) mass is 542 g/mol. The van der Waals surface area contributed by atoms with Crippen molar-refractivity contribution in [3.05, 3.63) is 97.0 Å². The van der Waals surface area contributed by atoms with E-state index in [0.29, 0.717) is 23.8 Å². The average Bonchev–Trinajstić information content (AvgIpc) is 3.37. The second-order valence-electron chi connectivity index (χ2n) is 8.59. The molecule has 0 atom stereocenters. The van der Waals surface area contributed by atoms with Gasteiger partial charge in [0.15, 0.2) is 17.4 Å². The maximum atomic E-state index is 12.5. The normalized spacial score (nSPS) is 11.3. The Balaban J connectivity index is 1.52. The van der Waals surface area contributed by atoms with Gasteiger partial charge in [0, 0.05) is 29.2 Å². The Morgan fingerprint density at radius 2 is 1.77 bits per heavy atom. The number of pyridine rings is 1. The van der Waals surface area contributed by atoms with E-state index in [1.807, 2.05) is 60.8 Å². The average molecular weight is 543 g/mol. The lowest BCUT2D eigenvalue weighted by molar-refractivity contribution is -0.139. The summed E-state index contributed by atoms with van der Waals surface area (Å²) in [5.74, 6) is -0.614. The zero-order valence-electron chi connectivity index (χ0n) is 21.1. The Morgan fingerprint density at radius 3 is 2.54 bits per heavy atom. The number of aromatic nitrogens is 4. The Labute approximate surface area is 225 Å². The van der Waals surface area contributed by atoms with E-state index < -0.39 is 21.7 Å². The number of carbonyl (C=O) groups excluding carboxylic acids is 1. The van der Waals surface area contributed by atoms with Crippen LogP contribution in [0.2, 0.25) is 0 Å². The number of sulfonamides is 1. The van der Waals surface area contributed by atoms with Crippen LogP contribution in [0.3, 0.4) is 0 Å². The van der Waals surface area contributed by atoms with Crippen LogP contribution in [0, 0.1) is 0 Å². The number of ether oxygens (including phenoxy) is 1. The van der Waals surface area contributed by atoms with Gasteiger partial charge in [-0.25, -0.2) is 17.9 Å². The largest absolute Gasteiger partial charge is 0.465 e. The predicted molar refractivity (Wildman–Crippen MR) is 149 cm³/mol. The van der Waals surface area contributed by atoms with E-state index >= 15 is 0 Å². The Hall–Kier alpha value is -4.77. The van der Waals surface area contributed by atoms with Crippen molar-refractivity contribution in [2.24, 2.45) is 0 Å². The molecule has 0 spiro atoms. The van der Waals surface area contributed by atoms with Gasteiger partial charge in [0.1, 0.15) is 5.52 Å². The molecule has 5 aromatic rings. The SMILES string of the molecule is CCOC(=O)CS(=O)(=O)Nc1cccc(-c2nc(NCc3ccccn3)c3c(-c4ccccc4)ccn3n2)c1. The zero-order valence-corrected chi connectivity index (χ0v) is 21.9. The molecule has 3 heterocycles. The fraction of sp³-hybridized carbons (Fsp3) is 0.143. The third-order valence-corrected chi connectivity index (χ3v) is 6.93. The number of fused-ring (bicyclic) bond motifs is 1. The van der Waals surface area contributed by atoms with E-state index in [0.717, 1.165) is 22.3 Å². The van der Waals surface area contributed by atoms with E-state index in [1.54, 1.807) is 41.9 Å². The van der Waals surface area contributed by atoms with Crippen LogP contribution in [0.4, 0.5) is 11.5 Å². The van der Waals surface area contributed by atoms with Crippen LogP contribution in [-0.4, -0.2) is 46.3 Å². The van der Waals surface area contributed by atoms with Crippen molar-refractivity contribution >= 4 is 33.0 Å². The fourth-order valence-corrected chi connectivity index (χ4v) is 5.04. The summed E-state index contributed by atoms with van der Waals surface area (Å²) in [7, 11) is -3.95. The van der Waals surface area contributed by atoms with Crippen molar-refractivity contribution in [3.63, 3.8) is 0 Å². The van der Waals surface area contributed by atoms with Crippen molar-refractivity contribution in [3.8, 4) is 22.5 Å². The summed E-state index contributed by atoms with van der Waals surface area (Å²) in [4.78, 5) is 20.9. The molecule has 3 aromatic heterocycles. The molecule has 2 N–H and O–H groups in total. The van der Waals surface area contributed by atoms with Gasteiger partial charge >= 0.3 is 5.97 Å². The molecule has 0 unspecified atom stereocenters. The van der Waals surface area contributed by atoms with Gasteiger partial charge in [-0.15, -0.1) is 5.10 Å². The molecule has 10 nitrogen and oxygen atoms in total. The van der Waals surface area contributed by atoms with E-state index in [2.05, 4.69) is 15.0 Å². The number of rotatable bonds is 10. The maximum Gasteiger partial charge on any atom is 0.323 e. The smallest absolute Gasteiger partial charge is 0.323 e. The van der Waals surface area contributed by atoms with Crippen LogP contribution in [0.5, 0.6) is 0 Å². The van der Waals surface area contributed by atoms with Gasteiger partial charge in [-0.3, -0.25) is 14.5 Å². The number of esters is 1. The molecule has 0 aliphatic carbocycles. The molecule has 2 aromatic carbocycles. The molecule has 0 saturated carbocycles. The summed E-state index contributed by atoms with van der Waals surface area (Å²) in [5.41, 5.74) is 4.50. The highest BCUT2D eigenvalue weighted by Gasteiger charge is 2.19. The molecule has 0 bridgehead atoms. The molecule has 0 saturated heterocycles. The Morgan fingerprint density at radius 1 is 0.974 bits per heavy atom. The lowest BCUT2D eigenvalue weighted by atomic mass is 10.1. The summed E-state index contributed by atoms with van der Waals surface area (Å²) in [6.45, 7) is 2.16. The first kappa shape index (κ1) is 25.9. The molecule has 0 aliphatic rings. The molecular weight excluding hydrogens is 516 g/mol. The van der Waals surface area contributed by atoms with Gasteiger partial charge in [0.05, 0.1) is 18.8 Å². The third kappa shape index (κ3) is 6.21. The number of benzene rings is 2. The number of nitrogens with one attached hydrogen (secondary N) is 2. The van der Waals surface area contributed by atoms with Crippen molar-refractivity contribution in [2.45, 2.75) is 13.5 Å². The van der Waals surface area contributed by atoms with Crippen molar-refractivity contribution in [2.75, 3.05) is 22.4 Å². The van der Waals surface area contributed by atoms with E-state index in [-0.39, 0.29) is 12.3 Å². The molecule has 5 rings (SSSR count). The van der Waals surface area contributed by atoms with Gasteiger partial charge < -0.3 is 10.1 Å². The Bertz CT molecular complexity index is 1710. The molecule has 11 heteroatoms. The minimum Gasteiger partial charge on any atom is -0.465 e. The second-order valence-corrected chi connectivity index (χ2v) is 10.3. The van der Waals surface area contributed by atoms with Crippen LogP contribution in [0.25, 0.3) is 28.0 Å². The highest BCUT2D eigenvalue weighted by molar-refractivity contribution is 7.93. The van der Waals surface area contributed by atoms with Crippen LogP contribution in [0.1, 0.15) is 12.6 Å². The van der Waals surface area contributed by atoms with Crippen LogP contribution >= 0.6 is 0 Å². The Kier molecular flexibility index (Phi) is 7.50. The highest BCUT2D eigenvalue weighted by Crippen LogP contribution is 2.31. The highest BCUT2D eigenvalue weighted by atomic mass is 32.2. The molecule has 0 fully saturated rings. The van der Waals surface area contributed by atoms with E-state index in [1.165, 1.54) is 0 Å². The van der Waals surface area contributed by atoms with Crippen LogP contribution in [0.15, 0.2) is 91.3 Å². The van der Waals surface area contributed by atoms with Crippen molar-refractivity contribution in [1.29, 1.82) is 0 Å². The minimum absolute atomic E-state index is 0.103. The summed E-state index contributed by atoms with van der Waals surface area (Å²) in [5, 5.41) is 8.12. The van der Waals surface area contributed by atoms with Crippen LogP contribution < -0.4 is 10.0 Å². The maximum absolute atomic E-state index is 12.5. The van der Waals surface area contributed by atoms with Gasteiger partial charge in [0.25, 0.3) is 0 Å². The number of hydrogen-bond donors (Lipinski definition) is 2. The van der Waals surface area contributed by atoms with Crippen LogP contribution in [-0.2, 0) is 26.1 Å². The molecule has 0 amide bonds. The molecule has 198 valence electrons. The lowest BCUT2D eigenvalue weighted by Gasteiger charge is -2.12. The zero-order chi connectivity index (χ0) is 27.2. The summed E-state index contributed by atoms with van der Waals surface area (Å²) in [6.07, 6.45) is 3.60. The number of anilines is 2. The first-order chi connectivity index (χ1) is 18.9. The first-order valence-corrected chi connectivity index (χ1v) is 13.9. The summed E-state index contributed by atoms with van der Waals surface area (Å²) in [6, 6.07) is 24.3. The molecule has 0 radical (unpaired) electrons. The first-order valence-electron chi connectivity index (χ1n) is 12.3. The van der Waals surface area contributed by atoms with Crippen molar-refractivity contribution in [1.82, 2.24) is 19.6 Å². The summed E-state index contributed by atoms with van der Waals surface area (Å²) < 4.78 is 33.9. The van der Waals surface area contributed by atoms with Gasteiger partial charge in [-0.2, -0.15) is 0 Å². The standard InChI is InChI=1S/C28H26N6O4S/c1-2-38-25(35)19-39(36,37)33-22-13-8-11-21(17-22)27-31-28(30-18-23-12-6-7-15-29-23)26-24(14-16-34(26)32-27)20-9-4-3-5-10-20/h3-17,33H,2,18-19H2,1H3,(H,30,31,32).